The van der Waals surface area contributed by atoms with Crippen LogP contribution in [0.2, 0.25) is 0 Å². The molecule has 22 heavy (non-hydrogen) atoms. The minimum absolute atomic E-state index is 0.248. The van der Waals surface area contributed by atoms with Gasteiger partial charge in [0.15, 0.2) is 0 Å². The fourth-order valence-electron chi connectivity index (χ4n) is 1.99. The number of carbonyl (C=O) groups excluding carboxylic acids is 2. The van der Waals surface area contributed by atoms with E-state index in [-0.39, 0.29) is 5.91 Å². The van der Waals surface area contributed by atoms with Crippen molar-refractivity contribution in [2.24, 2.45) is 0 Å². The molecule has 2 rings (SSSR count). The first-order valence-corrected chi connectivity index (χ1v) is 7.08. The van der Waals surface area contributed by atoms with Gasteiger partial charge in [0, 0.05) is 12.4 Å². The zero-order chi connectivity index (χ0) is 16.2. The van der Waals surface area contributed by atoms with Crippen LogP contribution in [0.1, 0.15) is 37.2 Å². The molecular weight excluding hydrogens is 280 g/mol. The molecule has 1 N–H and O–H groups in total. The normalized spacial score (nSPS) is 12.5. The maximum atomic E-state index is 12.6. The highest BCUT2D eigenvalue weighted by molar-refractivity contribution is 5.88. The maximum absolute atomic E-state index is 12.6. The lowest BCUT2D eigenvalue weighted by molar-refractivity contribution is 0.0481. The maximum Gasteiger partial charge on any atom is 0.408 e. The molecule has 1 unspecified atom stereocenters. The number of amides is 1. The smallest absolute Gasteiger partial charge is 0.408 e. The van der Waals surface area contributed by atoms with Crippen molar-refractivity contribution in [2.75, 3.05) is 0 Å². The van der Waals surface area contributed by atoms with Crippen LogP contribution in [0.25, 0.3) is 0 Å². The van der Waals surface area contributed by atoms with E-state index in [1.807, 2.05) is 18.2 Å². The lowest BCUT2D eigenvalue weighted by Crippen LogP contribution is -2.39. The van der Waals surface area contributed by atoms with Crippen LogP contribution in [0.3, 0.4) is 0 Å². The van der Waals surface area contributed by atoms with Gasteiger partial charge in [0.05, 0.1) is 0 Å². The second-order valence-corrected chi connectivity index (χ2v) is 5.92. The second-order valence-electron chi connectivity index (χ2n) is 5.92. The Labute approximate surface area is 129 Å². The van der Waals surface area contributed by atoms with E-state index in [2.05, 4.69) is 5.32 Å². The molecule has 1 heterocycles. The predicted molar refractivity (Wildman–Crippen MR) is 83.6 cm³/mol. The number of carbonyl (C=O) groups is 2. The molecule has 0 spiro atoms. The molecule has 0 saturated carbocycles. The monoisotopic (exact) mass is 300 g/mol. The molecular formula is C17H20N2O3. The lowest BCUT2D eigenvalue weighted by atomic mass is 10.1. The molecule has 1 aromatic heterocycles. The number of aromatic nitrogens is 1. The number of rotatable bonds is 3. The number of ether oxygens (including phenoxy) is 1. The summed E-state index contributed by atoms with van der Waals surface area (Å²) < 4.78 is 6.69. The van der Waals surface area contributed by atoms with Crippen molar-refractivity contribution < 1.29 is 14.3 Å². The van der Waals surface area contributed by atoms with Crippen molar-refractivity contribution >= 4 is 12.0 Å². The highest BCUT2D eigenvalue weighted by Crippen LogP contribution is 2.17. The SMILES string of the molecule is CC(C)(C)OC(=O)NC(C(=O)n1cccc1)c1ccccc1. The fourth-order valence-corrected chi connectivity index (χ4v) is 1.99. The number of benzene rings is 1. The number of hydrogen-bond acceptors (Lipinski definition) is 3. The van der Waals surface area contributed by atoms with Gasteiger partial charge < -0.3 is 10.1 Å². The topological polar surface area (TPSA) is 60.3 Å². The van der Waals surface area contributed by atoms with E-state index < -0.39 is 17.7 Å². The first-order valence-electron chi connectivity index (χ1n) is 7.08. The van der Waals surface area contributed by atoms with Gasteiger partial charge in [-0.25, -0.2) is 4.79 Å². The summed E-state index contributed by atoms with van der Waals surface area (Å²) in [4.78, 5) is 24.6. The number of alkyl carbamates (subject to hydrolysis) is 1. The Kier molecular flexibility index (Phi) is 4.65. The van der Waals surface area contributed by atoms with Crippen LogP contribution in [-0.2, 0) is 4.74 Å². The van der Waals surface area contributed by atoms with Gasteiger partial charge in [-0.05, 0) is 38.5 Å². The van der Waals surface area contributed by atoms with Crippen LogP contribution in [0.5, 0.6) is 0 Å². The highest BCUT2D eigenvalue weighted by atomic mass is 16.6. The summed E-state index contributed by atoms with van der Waals surface area (Å²) in [7, 11) is 0. The molecule has 1 aromatic carbocycles. The van der Waals surface area contributed by atoms with E-state index in [1.165, 1.54) is 4.57 Å². The van der Waals surface area contributed by atoms with Gasteiger partial charge in [-0.2, -0.15) is 0 Å². The van der Waals surface area contributed by atoms with Gasteiger partial charge in [0.1, 0.15) is 11.6 Å². The van der Waals surface area contributed by atoms with Gasteiger partial charge in [-0.1, -0.05) is 30.3 Å². The van der Waals surface area contributed by atoms with Gasteiger partial charge in [0.2, 0.25) is 0 Å². The minimum atomic E-state index is -0.802. The van der Waals surface area contributed by atoms with Crippen molar-refractivity contribution in [1.82, 2.24) is 9.88 Å². The third-order valence-corrected chi connectivity index (χ3v) is 2.90. The van der Waals surface area contributed by atoms with Crippen LogP contribution in [0.4, 0.5) is 4.79 Å². The zero-order valence-electron chi connectivity index (χ0n) is 12.9. The molecule has 1 amide bonds. The third kappa shape index (κ3) is 4.22. The molecule has 2 aromatic rings. The van der Waals surface area contributed by atoms with Gasteiger partial charge >= 0.3 is 6.09 Å². The summed E-state index contributed by atoms with van der Waals surface area (Å²) in [6.45, 7) is 5.33. The number of nitrogens with one attached hydrogen (secondary N) is 1. The lowest BCUT2D eigenvalue weighted by Gasteiger charge is -2.23. The molecule has 0 bridgehead atoms. The van der Waals surface area contributed by atoms with E-state index >= 15 is 0 Å². The molecule has 0 radical (unpaired) electrons. The summed E-state index contributed by atoms with van der Waals surface area (Å²) in [5.74, 6) is -0.248. The molecule has 0 saturated heterocycles. The van der Waals surface area contributed by atoms with Crippen molar-refractivity contribution in [2.45, 2.75) is 32.4 Å². The Hall–Kier alpha value is -2.56. The second kappa shape index (κ2) is 6.47. The average molecular weight is 300 g/mol. The van der Waals surface area contributed by atoms with Crippen molar-refractivity contribution in [3.63, 3.8) is 0 Å². The van der Waals surface area contributed by atoms with E-state index in [0.717, 1.165) is 0 Å². The Morgan fingerprint density at radius 2 is 1.64 bits per heavy atom. The standard InChI is InChI=1S/C17H20N2O3/c1-17(2,3)22-16(21)18-14(13-9-5-4-6-10-13)15(20)19-11-7-8-12-19/h4-12,14H,1-3H3,(H,18,21). The third-order valence-electron chi connectivity index (χ3n) is 2.90. The molecule has 0 fully saturated rings. The highest BCUT2D eigenvalue weighted by Gasteiger charge is 2.26. The quantitative estimate of drug-likeness (QED) is 0.945. The summed E-state index contributed by atoms with van der Waals surface area (Å²) in [6.07, 6.45) is 2.67. The molecule has 5 nitrogen and oxygen atoms in total. The van der Waals surface area contributed by atoms with E-state index in [4.69, 9.17) is 4.74 Å². The first kappa shape index (κ1) is 15.8. The Morgan fingerprint density at radius 3 is 2.18 bits per heavy atom. The van der Waals surface area contributed by atoms with Crippen molar-refractivity contribution in [3.05, 3.63) is 60.4 Å². The first-order chi connectivity index (χ1) is 10.4. The zero-order valence-corrected chi connectivity index (χ0v) is 12.9. The average Bonchev–Trinajstić information content (AvgIpc) is 2.97. The summed E-state index contributed by atoms with van der Waals surface area (Å²) >= 11 is 0. The van der Waals surface area contributed by atoms with E-state index in [1.54, 1.807) is 57.4 Å². The van der Waals surface area contributed by atoms with Crippen molar-refractivity contribution in [1.29, 1.82) is 0 Å². The number of nitrogens with zero attached hydrogens (tertiary/aromatic N) is 1. The van der Waals surface area contributed by atoms with Crippen molar-refractivity contribution in [3.8, 4) is 0 Å². The molecule has 116 valence electrons. The van der Waals surface area contributed by atoms with E-state index in [9.17, 15) is 9.59 Å². The van der Waals surface area contributed by atoms with Crippen LogP contribution < -0.4 is 5.32 Å². The van der Waals surface area contributed by atoms with Gasteiger partial charge in [-0.15, -0.1) is 0 Å². The van der Waals surface area contributed by atoms with Crippen LogP contribution in [-0.4, -0.2) is 22.2 Å². The molecule has 0 aliphatic carbocycles. The molecule has 5 heteroatoms. The fraction of sp³-hybridized carbons (Fsp3) is 0.294. The Morgan fingerprint density at radius 1 is 1.05 bits per heavy atom. The predicted octanol–water partition coefficient (Wildman–Crippen LogP) is 3.39. The van der Waals surface area contributed by atoms with Crippen LogP contribution in [0.15, 0.2) is 54.9 Å². The van der Waals surface area contributed by atoms with Crippen LogP contribution >= 0.6 is 0 Å². The van der Waals surface area contributed by atoms with E-state index in [0.29, 0.717) is 5.56 Å². The van der Waals surface area contributed by atoms with Crippen LogP contribution in [0, 0.1) is 0 Å². The Bertz CT molecular complexity index is 628. The Balaban J connectivity index is 2.23. The van der Waals surface area contributed by atoms with Gasteiger partial charge in [0.25, 0.3) is 5.91 Å². The molecule has 0 aliphatic rings. The summed E-state index contributed by atoms with van der Waals surface area (Å²) in [5, 5.41) is 2.65. The molecule has 0 aliphatic heterocycles. The summed E-state index contributed by atoms with van der Waals surface area (Å²) in [6, 6.07) is 11.8. The molecule has 1 atom stereocenters. The number of hydrogen-bond donors (Lipinski definition) is 1. The summed E-state index contributed by atoms with van der Waals surface area (Å²) in [5.41, 5.74) is 0.0778. The largest absolute Gasteiger partial charge is 0.444 e. The van der Waals surface area contributed by atoms with Gasteiger partial charge in [-0.3, -0.25) is 9.36 Å². The minimum Gasteiger partial charge on any atom is -0.444 e.